The summed E-state index contributed by atoms with van der Waals surface area (Å²) < 4.78 is 11.3. The number of furan rings is 1. The first-order valence-electron chi connectivity index (χ1n) is 17.4. The Balaban J connectivity index is 1.26. The number of nitrogens with zero attached hydrogens (tertiary/aromatic N) is 2. The summed E-state index contributed by atoms with van der Waals surface area (Å²) in [5.41, 5.74) is 13.5. The second-order valence-electron chi connectivity index (χ2n) is 13.3. The van der Waals surface area contributed by atoms with Crippen molar-refractivity contribution in [3.63, 3.8) is 0 Å². The summed E-state index contributed by atoms with van der Waals surface area (Å²) in [4.78, 5) is 0. The molecule has 0 saturated carbocycles. The Kier molecular flexibility index (Phi) is 5.96. The molecule has 0 N–H and O–H groups in total. The molecule has 0 atom stereocenters. The first kappa shape index (κ1) is 28.0. The van der Waals surface area contributed by atoms with Crippen LogP contribution in [0.2, 0.25) is 0 Å². The molecule has 0 spiro atoms. The zero-order valence-corrected chi connectivity index (χ0v) is 27.6. The standard InChI is InChI=1S/C48H30N2O/c1-3-14-31(15-4-1)33-28-34(32-16-5-2-6-17-32)30-35(29-33)49-39-21-10-7-18-36(39)47-42(49)26-27-43-48(47)37-19-8-11-22-40(37)50(43)41-23-13-25-45-46(41)38-20-9-12-24-44(38)51-45/h1-30H. The number of hydrogen-bond acceptors (Lipinski definition) is 1. The van der Waals surface area contributed by atoms with E-state index in [0.29, 0.717) is 0 Å². The number of aromatic nitrogens is 2. The van der Waals surface area contributed by atoms with Gasteiger partial charge < -0.3 is 13.6 Å². The minimum atomic E-state index is 0.893. The third-order valence-corrected chi connectivity index (χ3v) is 10.5. The minimum absolute atomic E-state index is 0.893. The van der Waals surface area contributed by atoms with Crippen LogP contribution in [-0.2, 0) is 0 Å². The van der Waals surface area contributed by atoms with Crippen LogP contribution >= 0.6 is 0 Å². The molecule has 3 aromatic heterocycles. The maximum atomic E-state index is 6.36. The van der Waals surface area contributed by atoms with E-state index in [2.05, 4.69) is 185 Å². The molecule has 0 radical (unpaired) electrons. The maximum absolute atomic E-state index is 6.36. The van der Waals surface area contributed by atoms with Crippen LogP contribution in [0.5, 0.6) is 0 Å². The molecular formula is C48H30N2O. The molecule has 51 heavy (non-hydrogen) atoms. The average Bonchev–Trinajstić information content (AvgIpc) is 3.86. The summed E-state index contributed by atoms with van der Waals surface area (Å²) in [6.45, 7) is 0. The predicted molar refractivity (Wildman–Crippen MR) is 213 cm³/mol. The van der Waals surface area contributed by atoms with Gasteiger partial charge in [-0.1, -0.05) is 121 Å². The van der Waals surface area contributed by atoms with Gasteiger partial charge in [0.15, 0.2) is 0 Å². The molecule has 0 aliphatic heterocycles. The minimum Gasteiger partial charge on any atom is -0.456 e. The second kappa shape index (κ2) is 10.8. The molecule has 3 heteroatoms. The molecule has 238 valence electrons. The summed E-state index contributed by atoms with van der Waals surface area (Å²) in [5.74, 6) is 0. The number of rotatable bonds is 4. The number of benzene rings is 8. The van der Waals surface area contributed by atoms with Crippen LogP contribution in [0.15, 0.2) is 186 Å². The van der Waals surface area contributed by atoms with Crippen LogP contribution in [-0.4, -0.2) is 9.13 Å². The fourth-order valence-corrected chi connectivity index (χ4v) is 8.33. The Morgan fingerprint density at radius 3 is 1.47 bits per heavy atom. The SMILES string of the molecule is c1ccc(-c2cc(-c3ccccc3)cc(-n3c4ccccc4c4c5c6ccccc6n(-c6cccc7oc8ccccc8c67)c5ccc43)c2)cc1. The highest BCUT2D eigenvalue weighted by Gasteiger charge is 2.22. The average molecular weight is 651 g/mol. The first-order chi connectivity index (χ1) is 25.3. The number of fused-ring (bicyclic) bond motifs is 10. The van der Waals surface area contributed by atoms with Crippen molar-refractivity contribution >= 4 is 65.6 Å². The molecule has 0 fully saturated rings. The Morgan fingerprint density at radius 1 is 0.314 bits per heavy atom. The van der Waals surface area contributed by atoms with Crippen molar-refractivity contribution in [2.45, 2.75) is 0 Å². The maximum Gasteiger partial charge on any atom is 0.137 e. The van der Waals surface area contributed by atoms with Gasteiger partial charge in [-0.15, -0.1) is 0 Å². The van der Waals surface area contributed by atoms with E-state index in [1.807, 2.05) is 6.07 Å². The van der Waals surface area contributed by atoms with Gasteiger partial charge >= 0.3 is 0 Å². The van der Waals surface area contributed by atoms with Gasteiger partial charge in [-0.3, -0.25) is 0 Å². The molecular weight excluding hydrogens is 621 g/mol. The fraction of sp³-hybridized carbons (Fsp3) is 0. The van der Waals surface area contributed by atoms with Gasteiger partial charge in [0.05, 0.1) is 33.1 Å². The van der Waals surface area contributed by atoms with Gasteiger partial charge in [0.2, 0.25) is 0 Å². The lowest BCUT2D eigenvalue weighted by Gasteiger charge is -2.14. The lowest BCUT2D eigenvalue weighted by Crippen LogP contribution is -1.96. The highest BCUT2D eigenvalue weighted by atomic mass is 16.3. The largest absolute Gasteiger partial charge is 0.456 e. The Morgan fingerprint density at radius 2 is 0.824 bits per heavy atom. The smallest absolute Gasteiger partial charge is 0.137 e. The van der Waals surface area contributed by atoms with Gasteiger partial charge in [0.25, 0.3) is 0 Å². The van der Waals surface area contributed by atoms with E-state index < -0.39 is 0 Å². The van der Waals surface area contributed by atoms with Gasteiger partial charge in [0, 0.05) is 32.6 Å². The molecule has 8 aromatic carbocycles. The van der Waals surface area contributed by atoms with E-state index in [4.69, 9.17) is 4.42 Å². The molecule has 0 aliphatic rings. The highest BCUT2D eigenvalue weighted by Crippen LogP contribution is 2.44. The van der Waals surface area contributed by atoms with E-state index in [1.165, 1.54) is 65.9 Å². The summed E-state index contributed by atoms with van der Waals surface area (Å²) in [5, 5.41) is 7.23. The van der Waals surface area contributed by atoms with Crippen molar-refractivity contribution in [2.24, 2.45) is 0 Å². The Labute approximate surface area is 293 Å². The molecule has 11 aromatic rings. The monoisotopic (exact) mass is 650 g/mol. The van der Waals surface area contributed by atoms with Crippen molar-refractivity contribution in [3.8, 4) is 33.6 Å². The van der Waals surface area contributed by atoms with Crippen LogP contribution in [0.25, 0.3) is 99.2 Å². The number of para-hydroxylation sites is 3. The van der Waals surface area contributed by atoms with Crippen LogP contribution in [0.1, 0.15) is 0 Å². The molecule has 0 saturated heterocycles. The zero-order valence-electron chi connectivity index (χ0n) is 27.6. The lowest BCUT2D eigenvalue weighted by atomic mass is 9.98. The van der Waals surface area contributed by atoms with Crippen molar-refractivity contribution in [2.75, 3.05) is 0 Å². The van der Waals surface area contributed by atoms with E-state index in [1.54, 1.807) is 0 Å². The highest BCUT2D eigenvalue weighted by molar-refractivity contribution is 6.29. The van der Waals surface area contributed by atoms with Crippen LogP contribution in [0.4, 0.5) is 0 Å². The normalized spacial score (nSPS) is 11.9. The van der Waals surface area contributed by atoms with Gasteiger partial charge in [-0.25, -0.2) is 0 Å². The van der Waals surface area contributed by atoms with Crippen LogP contribution in [0, 0.1) is 0 Å². The molecule has 11 rings (SSSR count). The van der Waals surface area contributed by atoms with Crippen molar-refractivity contribution < 1.29 is 4.42 Å². The Bertz CT molecular complexity index is 3070. The van der Waals surface area contributed by atoms with Crippen LogP contribution < -0.4 is 0 Å². The topological polar surface area (TPSA) is 23.0 Å². The molecule has 0 bridgehead atoms. The predicted octanol–water partition coefficient (Wildman–Crippen LogP) is 13.1. The van der Waals surface area contributed by atoms with E-state index in [-0.39, 0.29) is 0 Å². The van der Waals surface area contributed by atoms with Crippen molar-refractivity contribution in [1.29, 1.82) is 0 Å². The van der Waals surface area contributed by atoms with Gasteiger partial charge in [-0.05, 0) is 82.9 Å². The molecule has 0 unspecified atom stereocenters. The Hall–Kier alpha value is -6.84. The molecule has 3 heterocycles. The van der Waals surface area contributed by atoms with Crippen molar-refractivity contribution in [3.05, 3.63) is 182 Å². The third-order valence-electron chi connectivity index (χ3n) is 10.5. The van der Waals surface area contributed by atoms with E-state index in [9.17, 15) is 0 Å². The summed E-state index contributed by atoms with van der Waals surface area (Å²) >= 11 is 0. The first-order valence-corrected chi connectivity index (χ1v) is 17.4. The van der Waals surface area contributed by atoms with Crippen LogP contribution in [0.3, 0.4) is 0 Å². The van der Waals surface area contributed by atoms with E-state index in [0.717, 1.165) is 33.3 Å². The lowest BCUT2D eigenvalue weighted by molar-refractivity contribution is 0.669. The molecule has 0 aliphatic carbocycles. The van der Waals surface area contributed by atoms with Gasteiger partial charge in [-0.2, -0.15) is 0 Å². The second-order valence-corrected chi connectivity index (χ2v) is 13.3. The van der Waals surface area contributed by atoms with Gasteiger partial charge in [0.1, 0.15) is 11.2 Å². The van der Waals surface area contributed by atoms with E-state index >= 15 is 0 Å². The zero-order chi connectivity index (χ0) is 33.5. The quantitative estimate of drug-likeness (QED) is 0.186. The summed E-state index contributed by atoms with van der Waals surface area (Å²) in [7, 11) is 0. The number of hydrogen-bond donors (Lipinski definition) is 0. The van der Waals surface area contributed by atoms with Crippen molar-refractivity contribution in [1.82, 2.24) is 9.13 Å². The third kappa shape index (κ3) is 4.12. The molecule has 0 amide bonds. The summed E-state index contributed by atoms with van der Waals surface area (Å²) in [6.07, 6.45) is 0. The molecule has 3 nitrogen and oxygen atoms in total. The summed E-state index contributed by atoms with van der Waals surface area (Å²) in [6, 6.07) is 65.5. The fourth-order valence-electron chi connectivity index (χ4n) is 8.33.